The van der Waals surface area contributed by atoms with E-state index in [0.717, 1.165) is 6.54 Å². The van der Waals surface area contributed by atoms with Gasteiger partial charge in [0.15, 0.2) is 0 Å². The third-order valence-electron chi connectivity index (χ3n) is 4.08. The van der Waals surface area contributed by atoms with Crippen molar-refractivity contribution < 1.29 is 0 Å². The first-order chi connectivity index (χ1) is 8.07. The van der Waals surface area contributed by atoms with Crippen molar-refractivity contribution in [1.29, 1.82) is 0 Å². The fraction of sp³-hybridized carbons (Fsp3) is 0.625. The number of benzene rings is 1. The van der Waals surface area contributed by atoms with E-state index < -0.39 is 0 Å². The van der Waals surface area contributed by atoms with Gasteiger partial charge in [-0.3, -0.25) is 0 Å². The minimum Gasteiger partial charge on any atom is -0.309 e. The molecule has 17 heavy (non-hydrogen) atoms. The highest BCUT2D eigenvalue weighted by atomic mass is 14.9. The molecule has 0 aromatic heterocycles. The molecule has 0 heterocycles. The van der Waals surface area contributed by atoms with Crippen molar-refractivity contribution in [3.63, 3.8) is 0 Å². The average molecular weight is 231 g/mol. The molecule has 1 unspecified atom stereocenters. The van der Waals surface area contributed by atoms with Crippen LogP contribution in [0.1, 0.15) is 55.8 Å². The third kappa shape index (κ3) is 2.71. The summed E-state index contributed by atoms with van der Waals surface area (Å²) >= 11 is 0. The molecule has 2 rings (SSSR count). The highest BCUT2D eigenvalue weighted by Crippen LogP contribution is 2.54. The number of hydrogen-bond acceptors (Lipinski definition) is 1. The van der Waals surface area contributed by atoms with Crippen molar-refractivity contribution in [3.8, 4) is 0 Å². The molecule has 1 aliphatic carbocycles. The molecule has 1 aromatic rings. The molecule has 1 fully saturated rings. The SMILES string of the molecule is CCCNC(c1cc(C)ccc1C)C1(C)CC1. The van der Waals surface area contributed by atoms with Crippen LogP contribution in [0.3, 0.4) is 0 Å². The molecule has 1 heteroatoms. The molecule has 0 aliphatic heterocycles. The molecule has 94 valence electrons. The van der Waals surface area contributed by atoms with E-state index in [1.807, 2.05) is 0 Å². The van der Waals surface area contributed by atoms with Gasteiger partial charge in [0.05, 0.1) is 0 Å². The van der Waals surface area contributed by atoms with Crippen molar-refractivity contribution in [1.82, 2.24) is 5.32 Å². The number of aryl methyl sites for hydroxylation is 2. The van der Waals surface area contributed by atoms with Gasteiger partial charge in [0, 0.05) is 6.04 Å². The van der Waals surface area contributed by atoms with Gasteiger partial charge in [0.2, 0.25) is 0 Å². The molecule has 0 radical (unpaired) electrons. The van der Waals surface area contributed by atoms with E-state index in [0.29, 0.717) is 11.5 Å². The molecule has 0 spiro atoms. The van der Waals surface area contributed by atoms with Crippen molar-refractivity contribution in [2.75, 3.05) is 6.54 Å². The van der Waals surface area contributed by atoms with Crippen LogP contribution in [0.5, 0.6) is 0 Å². The molecule has 0 bridgehead atoms. The monoisotopic (exact) mass is 231 g/mol. The summed E-state index contributed by atoms with van der Waals surface area (Å²) < 4.78 is 0. The van der Waals surface area contributed by atoms with Crippen LogP contribution < -0.4 is 5.32 Å². The Morgan fingerprint density at radius 1 is 1.29 bits per heavy atom. The summed E-state index contributed by atoms with van der Waals surface area (Å²) in [7, 11) is 0. The molecular formula is C16H25N. The maximum absolute atomic E-state index is 3.76. The van der Waals surface area contributed by atoms with E-state index in [1.165, 1.54) is 36.0 Å². The zero-order chi connectivity index (χ0) is 12.5. The minimum atomic E-state index is 0.494. The van der Waals surface area contributed by atoms with Gasteiger partial charge in [-0.15, -0.1) is 0 Å². The predicted molar refractivity (Wildman–Crippen MR) is 74.3 cm³/mol. The molecule has 1 aliphatic rings. The summed E-state index contributed by atoms with van der Waals surface area (Å²) in [6, 6.07) is 7.39. The lowest BCUT2D eigenvalue weighted by molar-refractivity contribution is 0.365. The fourth-order valence-corrected chi connectivity index (χ4v) is 2.58. The molecule has 1 aromatic carbocycles. The van der Waals surface area contributed by atoms with Crippen LogP contribution in [-0.2, 0) is 0 Å². The lowest BCUT2D eigenvalue weighted by atomic mass is 9.88. The minimum absolute atomic E-state index is 0.494. The highest BCUT2D eigenvalue weighted by Gasteiger charge is 2.45. The van der Waals surface area contributed by atoms with Crippen LogP contribution in [-0.4, -0.2) is 6.54 Å². The van der Waals surface area contributed by atoms with E-state index in [-0.39, 0.29) is 0 Å². The van der Waals surface area contributed by atoms with E-state index in [9.17, 15) is 0 Å². The Morgan fingerprint density at radius 2 is 2.00 bits per heavy atom. The van der Waals surface area contributed by atoms with Crippen LogP contribution in [0.4, 0.5) is 0 Å². The Labute approximate surface area is 106 Å². The lowest BCUT2D eigenvalue weighted by Gasteiger charge is -2.27. The number of rotatable bonds is 5. The maximum Gasteiger partial charge on any atom is 0.0377 e. The zero-order valence-corrected chi connectivity index (χ0v) is 11.6. The van der Waals surface area contributed by atoms with E-state index in [4.69, 9.17) is 0 Å². The fourth-order valence-electron chi connectivity index (χ4n) is 2.58. The van der Waals surface area contributed by atoms with E-state index >= 15 is 0 Å². The van der Waals surface area contributed by atoms with Gasteiger partial charge >= 0.3 is 0 Å². The second-order valence-corrected chi connectivity index (χ2v) is 5.90. The Balaban J connectivity index is 2.28. The first kappa shape index (κ1) is 12.6. The van der Waals surface area contributed by atoms with Gasteiger partial charge in [-0.2, -0.15) is 0 Å². The first-order valence-electron chi connectivity index (χ1n) is 6.87. The van der Waals surface area contributed by atoms with Gasteiger partial charge in [-0.1, -0.05) is 37.6 Å². The summed E-state index contributed by atoms with van der Waals surface area (Å²) in [6.45, 7) is 10.2. The Hall–Kier alpha value is -0.820. The molecule has 1 saturated carbocycles. The zero-order valence-electron chi connectivity index (χ0n) is 11.6. The first-order valence-corrected chi connectivity index (χ1v) is 6.87. The molecule has 1 atom stereocenters. The number of nitrogens with one attached hydrogen (secondary N) is 1. The van der Waals surface area contributed by atoms with Crippen molar-refractivity contribution in [2.45, 2.75) is 53.0 Å². The van der Waals surface area contributed by atoms with Crippen molar-refractivity contribution >= 4 is 0 Å². The Bertz CT molecular complexity index is 391. The Kier molecular flexibility index (Phi) is 3.58. The summed E-state index contributed by atoms with van der Waals surface area (Å²) in [5.74, 6) is 0. The second-order valence-electron chi connectivity index (χ2n) is 5.90. The summed E-state index contributed by atoms with van der Waals surface area (Å²) in [6.07, 6.45) is 3.93. The van der Waals surface area contributed by atoms with Crippen LogP contribution >= 0.6 is 0 Å². The van der Waals surface area contributed by atoms with Crippen LogP contribution in [0.25, 0.3) is 0 Å². The van der Waals surface area contributed by atoms with E-state index in [1.54, 1.807) is 0 Å². The predicted octanol–water partition coefficient (Wildman–Crippen LogP) is 4.14. The van der Waals surface area contributed by atoms with Crippen LogP contribution in [0, 0.1) is 19.3 Å². The van der Waals surface area contributed by atoms with Gasteiger partial charge in [0.1, 0.15) is 0 Å². The third-order valence-corrected chi connectivity index (χ3v) is 4.08. The summed E-state index contributed by atoms with van der Waals surface area (Å²) in [5, 5.41) is 3.76. The van der Waals surface area contributed by atoms with Crippen LogP contribution in [0.15, 0.2) is 18.2 Å². The van der Waals surface area contributed by atoms with Gasteiger partial charge < -0.3 is 5.32 Å². The van der Waals surface area contributed by atoms with Gasteiger partial charge in [0.25, 0.3) is 0 Å². The number of hydrogen-bond donors (Lipinski definition) is 1. The largest absolute Gasteiger partial charge is 0.309 e. The summed E-state index contributed by atoms with van der Waals surface area (Å²) in [4.78, 5) is 0. The molecule has 0 amide bonds. The highest BCUT2D eigenvalue weighted by molar-refractivity contribution is 5.35. The van der Waals surface area contributed by atoms with Crippen molar-refractivity contribution in [2.24, 2.45) is 5.41 Å². The molecule has 1 nitrogen and oxygen atoms in total. The topological polar surface area (TPSA) is 12.0 Å². The second kappa shape index (κ2) is 4.81. The van der Waals surface area contributed by atoms with E-state index in [2.05, 4.69) is 51.2 Å². The smallest absolute Gasteiger partial charge is 0.0377 e. The average Bonchev–Trinajstić information content (AvgIpc) is 3.03. The standard InChI is InChI=1S/C16H25N/c1-5-10-17-15(16(4)8-9-16)14-11-12(2)6-7-13(14)3/h6-7,11,15,17H,5,8-10H2,1-4H3. The molecule has 1 N–H and O–H groups in total. The molecular weight excluding hydrogens is 206 g/mol. The lowest BCUT2D eigenvalue weighted by Crippen LogP contribution is -2.29. The maximum atomic E-state index is 3.76. The Morgan fingerprint density at radius 3 is 2.59 bits per heavy atom. The summed E-state index contributed by atoms with van der Waals surface area (Å²) in [5.41, 5.74) is 4.81. The van der Waals surface area contributed by atoms with Gasteiger partial charge in [-0.05, 0) is 56.2 Å². The molecule has 0 saturated heterocycles. The van der Waals surface area contributed by atoms with Gasteiger partial charge in [-0.25, -0.2) is 0 Å². The van der Waals surface area contributed by atoms with Crippen molar-refractivity contribution in [3.05, 3.63) is 34.9 Å². The quantitative estimate of drug-likeness (QED) is 0.803. The van der Waals surface area contributed by atoms with Crippen LogP contribution in [0.2, 0.25) is 0 Å². The normalized spacial score (nSPS) is 19.1.